The molecule has 0 fully saturated rings. The molecule has 0 saturated carbocycles. The molecule has 35 heavy (non-hydrogen) atoms. The van der Waals surface area contributed by atoms with Crippen molar-refractivity contribution in [3.05, 3.63) is 94.0 Å². The van der Waals surface area contributed by atoms with Gasteiger partial charge in [-0.15, -0.1) is 5.10 Å². The second-order valence-corrected chi connectivity index (χ2v) is 9.23. The highest BCUT2D eigenvalue weighted by Gasteiger charge is 2.32. The van der Waals surface area contributed by atoms with Gasteiger partial charge in [0.1, 0.15) is 5.25 Å². The van der Waals surface area contributed by atoms with Gasteiger partial charge in [0, 0.05) is 0 Å². The summed E-state index contributed by atoms with van der Waals surface area (Å²) in [6.07, 6.45) is -4.58. The van der Waals surface area contributed by atoms with Gasteiger partial charge in [-0.2, -0.15) is 17.9 Å². The summed E-state index contributed by atoms with van der Waals surface area (Å²) in [5.74, 6) is -0.571. The first-order chi connectivity index (χ1) is 16.6. The van der Waals surface area contributed by atoms with E-state index in [2.05, 4.69) is 20.8 Å². The lowest BCUT2D eigenvalue weighted by atomic mass is 10.1. The number of nitrogens with zero attached hydrogens (tertiary/aromatic N) is 4. The predicted octanol–water partition coefficient (Wildman–Crippen LogP) is 6.42. The molecular formula is C24H19ClF3N5OS. The van der Waals surface area contributed by atoms with Crippen molar-refractivity contribution in [1.29, 1.82) is 0 Å². The van der Waals surface area contributed by atoms with Gasteiger partial charge in [-0.25, -0.2) is 0 Å². The summed E-state index contributed by atoms with van der Waals surface area (Å²) in [7, 11) is 0. The number of alkyl halides is 3. The van der Waals surface area contributed by atoms with Gasteiger partial charge in [0.15, 0.2) is 0 Å². The fraction of sp³-hybridized carbons (Fsp3) is 0.167. The van der Waals surface area contributed by atoms with Crippen LogP contribution in [-0.2, 0) is 11.0 Å². The van der Waals surface area contributed by atoms with Crippen molar-refractivity contribution in [2.45, 2.75) is 30.4 Å². The summed E-state index contributed by atoms with van der Waals surface area (Å²) < 4.78 is 41.1. The van der Waals surface area contributed by atoms with E-state index in [1.54, 1.807) is 30.3 Å². The first-order valence-corrected chi connectivity index (χ1v) is 11.6. The fourth-order valence-electron chi connectivity index (χ4n) is 3.35. The van der Waals surface area contributed by atoms with E-state index < -0.39 is 22.9 Å². The Bertz CT molecular complexity index is 1360. The standard InChI is InChI=1S/C24H19ClF3N5OS/c1-14-8-9-15(2)20(12-14)33-23(30-31-32-33)35-21(16-6-4-3-5-7-16)22(34)29-19-13-17(24(26,27)28)10-11-18(19)25/h3-13,21H,1-2H3,(H,29,34)/t21-/m0/s1. The summed E-state index contributed by atoms with van der Waals surface area (Å²) in [5.41, 5.74) is 2.26. The van der Waals surface area contributed by atoms with Crippen molar-refractivity contribution in [3.8, 4) is 5.69 Å². The molecular weight excluding hydrogens is 499 g/mol. The Labute approximate surface area is 208 Å². The smallest absolute Gasteiger partial charge is 0.323 e. The van der Waals surface area contributed by atoms with Crippen molar-refractivity contribution in [1.82, 2.24) is 20.2 Å². The fourth-order valence-corrected chi connectivity index (χ4v) is 4.51. The number of hydrogen-bond acceptors (Lipinski definition) is 5. The highest BCUT2D eigenvalue weighted by Crippen LogP contribution is 2.38. The maximum Gasteiger partial charge on any atom is 0.416 e. The van der Waals surface area contributed by atoms with Crippen molar-refractivity contribution >= 4 is 35.0 Å². The van der Waals surface area contributed by atoms with E-state index in [0.717, 1.165) is 46.8 Å². The molecule has 4 aromatic rings. The minimum Gasteiger partial charge on any atom is -0.323 e. The SMILES string of the molecule is Cc1ccc(C)c(-n2nnnc2S[C@H](C(=O)Nc2cc(C(F)(F)F)ccc2Cl)c2ccccc2)c1. The molecule has 0 bridgehead atoms. The molecule has 1 N–H and O–H groups in total. The number of halogens is 4. The molecule has 0 saturated heterocycles. The lowest BCUT2D eigenvalue weighted by molar-refractivity contribution is -0.137. The maximum absolute atomic E-state index is 13.4. The second kappa shape index (κ2) is 10.1. The Morgan fingerprint density at radius 2 is 1.80 bits per heavy atom. The molecule has 3 aromatic carbocycles. The van der Waals surface area contributed by atoms with Gasteiger partial charge in [-0.1, -0.05) is 65.8 Å². The molecule has 1 heterocycles. The summed E-state index contributed by atoms with van der Waals surface area (Å²) in [4.78, 5) is 13.4. The van der Waals surface area contributed by atoms with Crippen LogP contribution in [0.3, 0.4) is 0 Å². The zero-order chi connectivity index (χ0) is 25.2. The molecule has 1 aromatic heterocycles. The van der Waals surface area contributed by atoms with Crippen LogP contribution in [0, 0.1) is 13.8 Å². The second-order valence-electron chi connectivity index (χ2n) is 7.75. The third kappa shape index (κ3) is 5.66. The number of benzene rings is 3. The summed E-state index contributed by atoms with van der Waals surface area (Å²) in [5, 5.41) is 14.0. The zero-order valence-corrected chi connectivity index (χ0v) is 20.1. The molecule has 0 aliphatic carbocycles. The Morgan fingerprint density at radius 3 is 2.51 bits per heavy atom. The van der Waals surface area contributed by atoms with Crippen molar-refractivity contribution in [2.24, 2.45) is 0 Å². The predicted molar refractivity (Wildman–Crippen MR) is 129 cm³/mol. The van der Waals surface area contributed by atoms with Crippen molar-refractivity contribution in [2.75, 3.05) is 5.32 Å². The van der Waals surface area contributed by atoms with Gasteiger partial charge in [0.2, 0.25) is 11.1 Å². The number of carbonyl (C=O) groups excluding carboxylic acids is 1. The molecule has 0 unspecified atom stereocenters. The number of anilines is 1. The van der Waals surface area contributed by atoms with Gasteiger partial charge in [-0.05, 0) is 65.2 Å². The lowest BCUT2D eigenvalue weighted by Gasteiger charge is -2.18. The summed E-state index contributed by atoms with van der Waals surface area (Å²) in [6, 6.07) is 17.4. The Hall–Kier alpha value is -3.37. The minimum absolute atomic E-state index is 0.0108. The van der Waals surface area contributed by atoms with Gasteiger partial charge in [-0.3, -0.25) is 4.79 Å². The van der Waals surface area contributed by atoms with Crippen molar-refractivity contribution in [3.63, 3.8) is 0 Å². The number of nitrogens with one attached hydrogen (secondary N) is 1. The Balaban J connectivity index is 1.69. The number of tetrazole rings is 1. The first kappa shape index (κ1) is 24.7. The normalized spacial score (nSPS) is 12.4. The van der Waals surface area contributed by atoms with E-state index >= 15 is 0 Å². The number of carbonyl (C=O) groups is 1. The van der Waals surface area contributed by atoms with E-state index in [0.29, 0.717) is 10.7 Å². The largest absolute Gasteiger partial charge is 0.416 e. The first-order valence-electron chi connectivity index (χ1n) is 10.4. The number of thioether (sulfide) groups is 1. The van der Waals surface area contributed by atoms with Gasteiger partial charge < -0.3 is 5.32 Å². The van der Waals surface area contributed by atoms with E-state index in [-0.39, 0.29) is 10.7 Å². The van der Waals surface area contributed by atoms with Crippen LogP contribution in [0.4, 0.5) is 18.9 Å². The van der Waals surface area contributed by atoms with Crippen LogP contribution in [-0.4, -0.2) is 26.1 Å². The van der Waals surface area contributed by atoms with Crippen LogP contribution < -0.4 is 5.32 Å². The highest BCUT2D eigenvalue weighted by molar-refractivity contribution is 8.00. The third-order valence-corrected chi connectivity index (χ3v) is 6.67. The topological polar surface area (TPSA) is 72.7 Å². The Kier molecular flexibility index (Phi) is 7.13. The van der Waals surface area contributed by atoms with Crippen LogP contribution in [0.15, 0.2) is 71.9 Å². The molecule has 0 radical (unpaired) electrons. The molecule has 6 nitrogen and oxygen atoms in total. The number of rotatable bonds is 6. The number of hydrogen-bond donors (Lipinski definition) is 1. The number of amides is 1. The quantitative estimate of drug-likeness (QED) is 0.299. The van der Waals surface area contributed by atoms with Crippen molar-refractivity contribution < 1.29 is 18.0 Å². The van der Waals surface area contributed by atoms with E-state index in [4.69, 9.17) is 11.6 Å². The molecule has 0 spiro atoms. The minimum atomic E-state index is -4.58. The van der Waals surface area contributed by atoms with Crippen LogP contribution in [0.25, 0.3) is 5.69 Å². The van der Waals surface area contributed by atoms with Crippen LogP contribution in [0.5, 0.6) is 0 Å². The Morgan fingerprint density at radius 1 is 1.06 bits per heavy atom. The molecule has 4 rings (SSSR count). The summed E-state index contributed by atoms with van der Waals surface area (Å²) in [6.45, 7) is 3.86. The zero-order valence-electron chi connectivity index (χ0n) is 18.5. The molecule has 1 atom stereocenters. The van der Waals surface area contributed by atoms with Crippen LogP contribution >= 0.6 is 23.4 Å². The number of aryl methyl sites for hydroxylation is 2. The van der Waals surface area contributed by atoms with Gasteiger partial charge >= 0.3 is 6.18 Å². The molecule has 0 aliphatic rings. The van der Waals surface area contributed by atoms with E-state index in [1.165, 1.54) is 4.68 Å². The van der Waals surface area contributed by atoms with E-state index in [1.807, 2.05) is 32.0 Å². The van der Waals surface area contributed by atoms with Gasteiger partial charge in [0.25, 0.3) is 0 Å². The van der Waals surface area contributed by atoms with E-state index in [9.17, 15) is 18.0 Å². The third-order valence-electron chi connectivity index (χ3n) is 5.15. The number of aromatic nitrogens is 4. The average Bonchev–Trinajstić information content (AvgIpc) is 3.28. The molecule has 11 heteroatoms. The van der Waals surface area contributed by atoms with Crippen LogP contribution in [0.1, 0.15) is 27.5 Å². The molecule has 1 amide bonds. The monoisotopic (exact) mass is 517 g/mol. The maximum atomic E-state index is 13.4. The molecule has 180 valence electrons. The highest BCUT2D eigenvalue weighted by atomic mass is 35.5. The van der Waals surface area contributed by atoms with Crippen LogP contribution in [0.2, 0.25) is 5.02 Å². The average molecular weight is 518 g/mol. The lowest BCUT2D eigenvalue weighted by Crippen LogP contribution is -2.20. The molecule has 0 aliphatic heterocycles. The van der Waals surface area contributed by atoms with Gasteiger partial charge in [0.05, 0.1) is 22.0 Å². The summed E-state index contributed by atoms with van der Waals surface area (Å²) >= 11 is 7.17.